The van der Waals surface area contributed by atoms with Gasteiger partial charge in [-0.15, -0.1) is 0 Å². The maximum atomic E-state index is 13.7. The van der Waals surface area contributed by atoms with Crippen molar-refractivity contribution in [3.8, 4) is 0 Å². The molecule has 0 bridgehead atoms. The maximum Gasteiger partial charge on any atom is 0.291 e. The Hall–Kier alpha value is -4.07. The van der Waals surface area contributed by atoms with E-state index in [2.05, 4.69) is 10.2 Å². The number of hydrogen-bond donors (Lipinski definition) is 1. The predicted octanol–water partition coefficient (Wildman–Crippen LogP) is 4.82. The van der Waals surface area contributed by atoms with E-state index in [0.717, 1.165) is 56.6 Å². The topological polar surface area (TPSA) is 86.1 Å². The number of carbonyl (C=O) groups excluding carboxylic acids is 3. The van der Waals surface area contributed by atoms with E-state index >= 15 is 0 Å². The van der Waals surface area contributed by atoms with Gasteiger partial charge in [-0.25, -0.2) is 0 Å². The summed E-state index contributed by atoms with van der Waals surface area (Å²) in [7, 11) is 0. The second-order valence-electron chi connectivity index (χ2n) is 10.0. The Kier molecular flexibility index (Phi) is 7.77. The second-order valence-corrected chi connectivity index (χ2v) is 10.0. The van der Waals surface area contributed by atoms with Crippen molar-refractivity contribution in [3.63, 3.8) is 0 Å². The third kappa shape index (κ3) is 5.74. The van der Waals surface area contributed by atoms with Crippen LogP contribution >= 0.6 is 0 Å². The van der Waals surface area contributed by atoms with Crippen LogP contribution in [-0.2, 0) is 0 Å². The fraction of sp³-hybridized carbons (Fsp3) is 0.367. The number of nitrogens with zero attached hydrogens (tertiary/aromatic N) is 3. The van der Waals surface area contributed by atoms with Crippen molar-refractivity contribution in [2.24, 2.45) is 0 Å². The fourth-order valence-electron chi connectivity index (χ4n) is 5.17. The zero-order valence-electron chi connectivity index (χ0n) is 21.8. The molecule has 2 aliphatic rings. The zero-order valence-corrected chi connectivity index (χ0v) is 21.8. The molecule has 2 aromatic carbocycles. The molecule has 2 aliphatic heterocycles. The Bertz CT molecular complexity index is 1280. The number of piperidine rings is 1. The molecule has 5 rings (SSSR count). The fourth-order valence-corrected chi connectivity index (χ4v) is 5.17. The molecule has 0 unspecified atom stereocenters. The summed E-state index contributed by atoms with van der Waals surface area (Å²) >= 11 is 0. The average Bonchev–Trinajstić information content (AvgIpc) is 3.39. The van der Waals surface area contributed by atoms with E-state index in [-0.39, 0.29) is 23.5 Å². The van der Waals surface area contributed by atoms with Gasteiger partial charge in [-0.3, -0.25) is 14.4 Å². The number of furan rings is 1. The number of carbonyl (C=O) groups is 3. The van der Waals surface area contributed by atoms with Crippen LogP contribution in [-0.4, -0.2) is 66.8 Å². The molecular formula is C30H34N4O4. The zero-order chi connectivity index (χ0) is 26.5. The van der Waals surface area contributed by atoms with Crippen molar-refractivity contribution in [2.75, 3.05) is 49.5 Å². The molecule has 0 radical (unpaired) electrons. The van der Waals surface area contributed by atoms with Crippen LogP contribution in [0.1, 0.15) is 62.5 Å². The van der Waals surface area contributed by atoms with E-state index in [1.807, 2.05) is 53.1 Å². The molecule has 2 saturated heterocycles. The van der Waals surface area contributed by atoms with Crippen molar-refractivity contribution < 1.29 is 18.8 Å². The van der Waals surface area contributed by atoms with Crippen molar-refractivity contribution in [1.82, 2.24) is 9.80 Å². The van der Waals surface area contributed by atoms with Gasteiger partial charge in [0.15, 0.2) is 5.76 Å². The summed E-state index contributed by atoms with van der Waals surface area (Å²) in [4.78, 5) is 45.4. The summed E-state index contributed by atoms with van der Waals surface area (Å²) in [6.07, 6.45) is 5.37. The molecule has 1 aromatic heterocycles. The number of anilines is 2. The molecule has 0 saturated carbocycles. The maximum absolute atomic E-state index is 13.7. The summed E-state index contributed by atoms with van der Waals surface area (Å²) in [5.74, 6) is -0.138. The Labute approximate surface area is 223 Å². The largest absolute Gasteiger partial charge is 0.459 e. The highest BCUT2D eigenvalue weighted by Gasteiger charge is 2.26. The first-order chi connectivity index (χ1) is 18.5. The van der Waals surface area contributed by atoms with Crippen molar-refractivity contribution in [2.45, 2.75) is 32.6 Å². The highest BCUT2D eigenvalue weighted by molar-refractivity contribution is 6.05. The number of benzene rings is 2. The summed E-state index contributed by atoms with van der Waals surface area (Å²) in [6.45, 7) is 6.07. The van der Waals surface area contributed by atoms with Gasteiger partial charge in [0.05, 0.1) is 11.8 Å². The molecule has 38 heavy (non-hydrogen) atoms. The van der Waals surface area contributed by atoms with Gasteiger partial charge in [0.1, 0.15) is 0 Å². The molecule has 0 aliphatic carbocycles. The van der Waals surface area contributed by atoms with E-state index in [1.54, 1.807) is 18.2 Å². The number of aryl methyl sites for hydroxylation is 1. The Balaban J connectivity index is 1.37. The second kappa shape index (κ2) is 11.5. The van der Waals surface area contributed by atoms with Crippen LogP contribution in [0.2, 0.25) is 0 Å². The van der Waals surface area contributed by atoms with E-state index in [0.29, 0.717) is 36.4 Å². The molecule has 8 heteroatoms. The third-order valence-electron chi connectivity index (χ3n) is 7.30. The molecule has 2 fully saturated rings. The van der Waals surface area contributed by atoms with Gasteiger partial charge in [-0.05, 0) is 75.1 Å². The standard InChI is InChI=1S/C30H34N4O4/c1-22-8-10-23(11-9-22)29(36)34-17-6-16-32(18-19-34)26-13-12-24(31-28(35)27-7-5-20-38-27)21-25(26)30(37)33-14-3-2-4-15-33/h5,7-13,20-21H,2-4,6,14-19H2,1H3,(H,31,35). The Morgan fingerprint density at radius 3 is 2.24 bits per heavy atom. The molecule has 0 atom stereocenters. The van der Waals surface area contributed by atoms with Gasteiger partial charge in [0, 0.05) is 56.2 Å². The minimum atomic E-state index is -0.362. The molecule has 3 amide bonds. The lowest BCUT2D eigenvalue weighted by Crippen LogP contribution is -2.38. The van der Waals surface area contributed by atoms with Crippen LogP contribution < -0.4 is 10.2 Å². The van der Waals surface area contributed by atoms with Gasteiger partial charge < -0.3 is 24.4 Å². The summed E-state index contributed by atoms with van der Waals surface area (Å²) < 4.78 is 5.21. The van der Waals surface area contributed by atoms with E-state index in [4.69, 9.17) is 4.42 Å². The van der Waals surface area contributed by atoms with E-state index in [9.17, 15) is 14.4 Å². The number of nitrogens with one attached hydrogen (secondary N) is 1. The van der Waals surface area contributed by atoms with Crippen LogP contribution in [0.25, 0.3) is 0 Å². The van der Waals surface area contributed by atoms with E-state index in [1.165, 1.54) is 6.26 Å². The molecule has 3 heterocycles. The molecule has 8 nitrogen and oxygen atoms in total. The van der Waals surface area contributed by atoms with Crippen molar-refractivity contribution in [3.05, 3.63) is 83.3 Å². The van der Waals surface area contributed by atoms with Crippen LogP contribution in [0.3, 0.4) is 0 Å². The average molecular weight is 515 g/mol. The van der Waals surface area contributed by atoms with Gasteiger partial charge in [0.2, 0.25) is 0 Å². The lowest BCUT2D eigenvalue weighted by molar-refractivity contribution is 0.0723. The number of hydrogen-bond acceptors (Lipinski definition) is 5. The minimum absolute atomic E-state index is 0.0226. The van der Waals surface area contributed by atoms with Crippen LogP contribution in [0.15, 0.2) is 65.3 Å². The van der Waals surface area contributed by atoms with Crippen LogP contribution in [0.5, 0.6) is 0 Å². The van der Waals surface area contributed by atoms with E-state index < -0.39 is 0 Å². The number of rotatable bonds is 5. The molecule has 1 N–H and O–H groups in total. The molecule has 0 spiro atoms. The Morgan fingerprint density at radius 2 is 1.50 bits per heavy atom. The van der Waals surface area contributed by atoms with Crippen LogP contribution in [0, 0.1) is 6.92 Å². The number of likely N-dealkylation sites (tertiary alicyclic amines) is 1. The van der Waals surface area contributed by atoms with Gasteiger partial charge in [-0.1, -0.05) is 17.7 Å². The molecular weight excluding hydrogens is 480 g/mol. The number of amides is 3. The highest BCUT2D eigenvalue weighted by atomic mass is 16.3. The monoisotopic (exact) mass is 514 g/mol. The third-order valence-corrected chi connectivity index (χ3v) is 7.30. The SMILES string of the molecule is Cc1ccc(C(=O)N2CCCN(c3ccc(NC(=O)c4ccco4)cc3C(=O)N3CCCCC3)CC2)cc1. The van der Waals surface area contributed by atoms with Crippen molar-refractivity contribution >= 4 is 29.1 Å². The minimum Gasteiger partial charge on any atom is -0.459 e. The van der Waals surface area contributed by atoms with Gasteiger partial charge in [-0.2, -0.15) is 0 Å². The Morgan fingerprint density at radius 1 is 0.763 bits per heavy atom. The first-order valence-corrected chi connectivity index (χ1v) is 13.4. The first-order valence-electron chi connectivity index (χ1n) is 13.4. The van der Waals surface area contributed by atoms with Gasteiger partial charge in [0.25, 0.3) is 17.7 Å². The quantitative estimate of drug-likeness (QED) is 0.528. The predicted molar refractivity (Wildman–Crippen MR) is 147 cm³/mol. The summed E-state index contributed by atoms with van der Waals surface area (Å²) in [5, 5.41) is 2.85. The molecule has 3 aromatic rings. The summed E-state index contributed by atoms with van der Waals surface area (Å²) in [5.41, 5.74) is 3.77. The normalized spacial score (nSPS) is 16.2. The lowest BCUT2D eigenvalue weighted by Gasteiger charge is -2.30. The summed E-state index contributed by atoms with van der Waals surface area (Å²) in [6, 6.07) is 16.4. The first kappa shape index (κ1) is 25.6. The van der Waals surface area contributed by atoms with Crippen molar-refractivity contribution in [1.29, 1.82) is 0 Å². The highest BCUT2D eigenvalue weighted by Crippen LogP contribution is 2.28. The lowest BCUT2D eigenvalue weighted by atomic mass is 10.1. The molecule has 198 valence electrons. The van der Waals surface area contributed by atoms with Gasteiger partial charge >= 0.3 is 0 Å². The van der Waals surface area contributed by atoms with Crippen LogP contribution in [0.4, 0.5) is 11.4 Å². The smallest absolute Gasteiger partial charge is 0.291 e.